The number of rotatable bonds is 6. The second-order valence-corrected chi connectivity index (χ2v) is 5.74. The Kier molecular flexibility index (Phi) is 5.70. The maximum Gasteiger partial charge on any atom is 0.231 e. The predicted octanol–water partition coefficient (Wildman–Crippen LogP) is 4.61. The van der Waals surface area contributed by atoms with Crippen molar-refractivity contribution in [2.24, 2.45) is 0 Å². The normalized spacial score (nSPS) is 12.0. The standard InChI is InChI=1S/C19H24N2O/c1-4-5-11-17(16-10-7-12-20-13-16)19(22)21-18-14(2)8-6-9-15(18)3/h6-10,12-13,17H,4-5,11H2,1-3H3,(H,21,22). The third-order valence-corrected chi connectivity index (χ3v) is 3.98. The highest BCUT2D eigenvalue weighted by Gasteiger charge is 2.21. The Morgan fingerprint density at radius 3 is 2.50 bits per heavy atom. The Labute approximate surface area is 132 Å². The number of benzene rings is 1. The number of amides is 1. The van der Waals surface area contributed by atoms with Crippen LogP contribution in [-0.2, 0) is 4.79 Å². The highest BCUT2D eigenvalue weighted by molar-refractivity contribution is 5.97. The Morgan fingerprint density at radius 1 is 1.18 bits per heavy atom. The lowest BCUT2D eigenvalue weighted by molar-refractivity contribution is -0.117. The molecule has 1 aromatic heterocycles. The number of anilines is 1. The summed E-state index contributed by atoms with van der Waals surface area (Å²) < 4.78 is 0. The number of aryl methyl sites for hydroxylation is 2. The van der Waals surface area contributed by atoms with Crippen LogP contribution in [0.4, 0.5) is 5.69 Å². The van der Waals surface area contributed by atoms with Crippen LogP contribution in [0.2, 0.25) is 0 Å². The van der Waals surface area contributed by atoms with Gasteiger partial charge in [0.25, 0.3) is 0 Å². The van der Waals surface area contributed by atoms with E-state index in [4.69, 9.17) is 0 Å². The lowest BCUT2D eigenvalue weighted by Gasteiger charge is -2.19. The number of pyridine rings is 1. The minimum atomic E-state index is -0.146. The quantitative estimate of drug-likeness (QED) is 0.845. The Bertz CT molecular complexity index is 602. The maximum atomic E-state index is 12.8. The van der Waals surface area contributed by atoms with E-state index < -0.39 is 0 Å². The van der Waals surface area contributed by atoms with Gasteiger partial charge in [-0.1, -0.05) is 44.0 Å². The van der Waals surface area contributed by atoms with Gasteiger partial charge >= 0.3 is 0 Å². The van der Waals surface area contributed by atoms with Gasteiger partial charge in [-0.2, -0.15) is 0 Å². The van der Waals surface area contributed by atoms with Gasteiger partial charge in [-0.25, -0.2) is 0 Å². The molecular formula is C19H24N2O. The van der Waals surface area contributed by atoms with Crippen LogP contribution in [-0.4, -0.2) is 10.9 Å². The second kappa shape index (κ2) is 7.74. The molecule has 0 spiro atoms. The van der Waals surface area contributed by atoms with Gasteiger partial charge in [0.05, 0.1) is 5.92 Å². The number of hydrogen-bond donors (Lipinski definition) is 1. The zero-order valence-corrected chi connectivity index (χ0v) is 13.6. The lowest BCUT2D eigenvalue weighted by atomic mass is 9.93. The molecule has 2 rings (SSSR count). The average molecular weight is 296 g/mol. The van der Waals surface area contributed by atoms with Crippen LogP contribution in [0.15, 0.2) is 42.7 Å². The summed E-state index contributed by atoms with van der Waals surface area (Å²) in [7, 11) is 0. The molecule has 1 aromatic carbocycles. The van der Waals surface area contributed by atoms with Crippen LogP contribution in [0.3, 0.4) is 0 Å². The summed E-state index contributed by atoms with van der Waals surface area (Å²) in [5.41, 5.74) is 4.10. The van der Waals surface area contributed by atoms with E-state index in [9.17, 15) is 4.79 Å². The van der Waals surface area contributed by atoms with Gasteiger partial charge in [-0.15, -0.1) is 0 Å². The molecule has 0 aliphatic heterocycles. The molecule has 1 N–H and O–H groups in total. The van der Waals surface area contributed by atoms with E-state index in [1.807, 2.05) is 44.2 Å². The number of para-hydroxylation sites is 1. The van der Waals surface area contributed by atoms with Crippen LogP contribution >= 0.6 is 0 Å². The Balaban J connectivity index is 2.22. The van der Waals surface area contributed by atoms with Gasteiger partial charge in [0, 0.05) is 18.1 Å². The minimum Gasteiger partial charge on any atom is -0.325 e. The zero-order chi connectivity index (χ0) is 15.9. The van der Waals surface area contributed by atoms with Gasteiger partial charge < -0.3 is 5.32 Å². The van der Waals surface area contributed by atoms with Crippen LogP contribution in [0, 0.1) is 13.8 Å². The van der Waals surface area contributed by atoms with E-state index in [-0.39, 0.29) is 11.8 Å². The summed E-state index contributed by atoms with van der Waals surface area (Å²) in [6, 6.07) is 9.93. The van der Waals surface area contributed by atoms with Crippen LogP contribution in [0.25, 0.3) is 0 Å². The van der Waals surface area contributed by atoms with Crippen molar-refractivity contribution in [2.75, 3.05) is 5.32 Å². The molecule has 0 bridgehead atoms. The first-order valence-corrected chi connectivity index (χ1v) is 7.90. The lowest BCUT2D eigenvalue weighted by Crippen LogP contribution is -2.22. The highest BCUT2D eigenvalue weighted by atomic mass is 16.1. The fraction of sp³-hybridized carbons (Fsp3) is 0.368. The molecule has 1 heterocycles. The summed E-state index contributed by atoms with van der Waals surface area (Å²) in [6.45, 7) is 6.19. The molecule has 1 amide bonds. The van der Waals surface area contributed by atoms with Crippen LogP contribution in [0.1, 0.15) is 48.8 Å². The molecule has 0 fully saturated rings. The smallest absolute Gasteiger partial charge is 0.231 e. The fourth-order valence-corrected chi connectivity index (χ4v) is 2.66. The number of nitrogens with one attached hydrogen (secondary N) is 1. The van der Waals surface area contributed by atoms with Crippen molar-refractivity contribution in [1.29, 1.82) is 0 Å². The zero-order valence-electron chi connectivity index (χ0n) is 13.6. The monoisotopic (exact) mass is 296 g/mol. The number of carbonyl (C=O) groups is 1. The first-order chi connectivity index (χ1) is 10.6. The molecule has 22 heavy (non-hydrogen) atoms. The molecular weight excluding hydrogens is 272 g/mol. The minimum absolute atomic E-state index is 0.0545. The number of unbranched alkanes of at least 4 members (excludes halogenated alkanes) is 1. The Morgan fingerprint density at radius 2 is 1.91 bits per heavy atom. The second-order valence-electron chi connectivity index (χ2n) is 5.74. The van der Waals surface area contributed by atoms with Crippen LogP contribution in [0.5, 0.6) is 0 Å². The van der Waals surface area contributed by atoms with Gasteiger partial charge in [0.1, 0.15) is 0 Å². The molecule has 0 saturated heterocycles. The largest absolute Gasteiger partial charge is 0.325 e. The fourth-order valence-electron chi connectivity index (χ4n) is 2.66. The number of hydrogen-bond acceptors (Lipinski definition) is 2. The maximum absolute atomic E-state index is 12.8. The molecule has 3 nitrogen and oxygen atoms in total. The summed E-state index contributed by atoms with van der Waals surface area (Å²) in [6.07, 6.45) is 6.49. The van der Waals surface area contributed by atoms with Crippen molar-refractivity contribution in [3.8, 4) is 0 Å². The molecule has 116 valence electrons. The molecule has 2 aromatic rings. The van der Waals surface area contributed by atoms with E-state index in [0.717, 1.165) is 41.6 Å². The van der Waals surface area contributed by atoms with Gasteiger partial charge in [-0.3, -0.25) is 9.78 Å². The SMILES string of the molecule is CCCCC(C(=O)Nc1c(C)cccc1C)c1cccnc1. The summed E-state index contributed by atoms with van der Waals surface area (Å²) >= 11 is 0. The Hall–Kier alpha value is -2.16. The molecule has 0 aliphatic rings. The van der Waals surface area contributed by atoms with Crippen molar-refractivity contribution < 1.29 is 4.79 Å². The number of nitrogens with zero attached hydrogens (tertiary/aromatic N) is 1. The third kappa shape index (κ3) is 3.94. The van der Waals surface area contributed by atoms with Crippen molar-refractivity contribution in [3.05, 3.63) is 59.4 Å². The summed E-state index contributed by atoms with van der Waals surface area (Å²) in [5, 5.41) is 3.12. The third-order valence-electron chi connectivity index (χ3n) is 3.98. The van der Waals surface area contributed by atoms with Gasteiger partial charge in [0.2, 0.25) is 5.91 Å². The van der Waals surface area contributed by atoms with E-state index in [1.165, 1.54) is 0 Å². The predicted molar refractivity (Wildman–Crippen MR) is 91.0 cm³/mol. The molecule has 1 unspecified atom stereocenters. The van der Waals surface area contributed by atoms with Crippen molar-refractivity contribution in [3.63, 3.8) is 0 Å². The van der Waals surface area contributed by atoms with Crippen molar-refractivity contribution in [1.82, 2.24) is 4.98 Å². The molecule has 1 atom stereocenters. The number of aromatic nitrogens is 1. The first kappa shape index (κ1) is 16.2. The van der Waals surface area contributed by atoms with E-state index >= 15 is 0 Å². The van der Waals surface area contributed by atoms with E-state index in [1.54, 1.807) is 12.4 Å². The average Bonchev–Trinajstić information content (AvgIpc) is 2.52. The summed E-state index contributed by atoms with van der Waals surface area (Å²) in [4.78, 5) is 16.9. The van der Waals surface area contributed by atoms with Crippen molar-refractivity contribution in [2.45, 2.75) is 46.0 Å². The molecule has 0 radical (unpaired) electrons. The van der Waals surface area contributed by atoms with E-state index in [0.29, 0.717) is 0 Å². The van der Waals surface area contributed by atoms with Gasteiger partial charge in [-0.05, 0) is 43.0 Å². The molecule has 3 heteroatoms. The van der Waals surface area contributed by atoms with Gasteiger partial charge in [0.15, 0.2) is 0 Å². The topological polar surface area (TPSA) is 42.0 Å². The first-order valence-electron chi connectivity index (χ1n) is 7.90. The summed E-state index contributed by atoms with van der Waals surface area (Å²) in [5.74, 6) is -0.0912. The molecule has 0 saturated carbocycles. The molecule has 0 aliphatic carbocycles. The van der Waals surface area contributed by atoms with Crippen molar-refractivity contribution >= 4 is 11.6 Å². The van der Waals surface area contributed by atoms with E-state index in [2.05, 4.69) is 17.2 Å². The van der Waals surface area contributed by atoms with Crippen LogP contribution < -0.4 is 5.32 Å². The number of carbonyl (C=O) groups excluding carboxylic acids is 1. The highest BCUT2D eigenvalue weighted by Crippen LogP contribution is 2.26.